The number of rotatable bonds is 5. The second-order valence-electron chi connectivity index (χ2n) is 6.75. The molecule has 0 saturated carbocycles. The lowest BCUT2D eigenvalue weighted by Gasteiger charge is -2.27. The molecular weight excluding hydrogens is 313 g/mol. The highest BCUT2D eigenvalue weighted by Crippen LogP contribution is 2.18. The maximum absolute atomic E-state index is 13.0. The standard InChI is InChI=1S/C17H22FN3O3/c1-17(2,10-11-5-7-12(18)8-6-11)19-14(22)9-13-15(23)21(4)16(24)20(13)3/h5-8,13H,9-10H2,1-4H3,(H,19,22). The predicted molar refractivity (Wildman–Crippen MR) is 86.7 cm³/mol. The van der Waals surface area contributed by atoms with Gasteiger partial charge in [0.1, 0.15) is 11.9 Å². The molecule has 1 N–H and O–H groups in total. The summed E-state index contributed by atoms with van der Waals surface area (Å²) in [7, 11) is 2.91. The molecule has 130 valence electrons. The molecule has 1 aromatic rings. The van der Waals surface area contributed by atoms with Crippen LogP contribution in [0.25, 0.3) is 0 Å². The van der Waals surface area contributed by atoms with Crippen LogP contribution < -0.4 is 5.32 Å². The summed E-state index contributed by atoms with van der Waals surface area (Å²) in [5.41, 5.74) is 0.330. The van der Waals surface area contributed by atoms with Gasteiger partial charge in [0.15, 0.2) is 0 Å². The summed E-state index contributed by atoms with van der Waals surface area (Å²) in [5.74, 6) is -0.999. The van der Waals surface area contributed by atoms with Crippen molar-refractivity contribution in [2.24, 2.45) is 0 Å². The number of benzene rings is 1. The molecule has 1 aromatic carbocycles. The van der Waals surface area contributed by atoms with Gasteiger partial charge in [0.25, 0.3) is 5.91 Å². The van der Waals surface area contributed by atoms with Crippen LogP contribution in [0.3, 0.4) is 0 Å². The molecule has 0 aromatic heterocycles. The molecule has 0 radical (unpaired) electrons. The lowest BCUT2D eigenvalue weighted by Crippen LogP contribution is -2.47. The first kappa shape index (κ1) is 17.9. The predicted octanol–water partition coefficient (Wildman–Crippen LogP) is 1.55. The van der Waals surface area contributed by atoms with E-state index in [1.54, 1.807) is 12.1 Å². The Labute approximate surface area is 140 Å². The number of hydrogen-bond donors (Lipinski definition) is 1. The molecule has 1 aliphatic heterocycles. The summed E-state index contributed by atoms with van der Waals surface area (Å²) in [6.07, 6.45) is 0.435. The number of urea groups is 1. The maximum Gasteiger partial charge on any atom is 0.326 e. The fraction of sp³-hybridized carbons (Fsp3) is 0.471. The van der Waals surface area contributed by atoms with Crippen LogP contribution in [0.2, 0.25) is 0 Å². The fourth-order valence-corrected chi connectivity index (χ4v) is 2.84. The number of nitrogens with zero attached hydrogens (tertiary/aromatic N) is 2. The van der Waals surface area contributed by atoms with Crippen LogP contribution in [0.1, 0.15) is 25.8 Å². The van der Waals surface area contributed by atoms with Crippen molar-refractivity contribution in [2.45, 2.75) is 38.3 Å². The molecule has 7 heteroatoms. The van der Waals surface area contributed by atoms with E-state index in [-0.39, 0.29) is 24.1 Å². The molecule has 0 bridgehead atoms. The molecule has 24 heavy (non-hydrogen) atoms. The Kier molecular flexibility index (Phi) is 4.91. The number of imide groups is 1. The fourth-order valence-electron chi connectivity index (χ4n) is 2.84. The summed E-state index contributed by atoms with van der Waals surface area (Å²) >= 11 is 0. The number of carbonyl (C=O) groups excluding carboxylic acids is 3. The van der Waals surface area contributed by atoms with Crippen LogP contribution >= 0.6 is 0 Å². The van der Waals surface area contributed by atoms with E-state index in [1.807, 2.05) is 13.8 Å². The third-order valence-corrected chi connectivity index (χ3v) is 4.09. The number of amides is 4. The molecule has 4 amide bonds. The van der Waals surface area contributed by atoms with E-state index in [2.05, 4.69) is 5.32 Å². The van der Waals surface area contributed by atoms with Crippen molar-refractivity contribution in [1.29, 1.82) is 0 Å². The number of hydrogen-bond acceptors (Lipinski definition) is 3. The first-order valence-electron chi connectivity index (χ1n) is 7.70. The normalized spacial score (nSPS) is 18.3. The molecule has 1 heterocycles. The molecule has 0 spiro atoms. The average molecular weight is 335 g/mol. The lowest BCUT2D eigenvalue weighted by atomic mass is 9.94. The van der Waals surface area contributed by atoms with Crippen LogP contribution in [0, 0.1) is 5.82 Å². The summed E-state index contributed by atoms with van der Waals surface area (Å²) in [6.45, 7) is 3.71. The number of nitrogens with one attached hydrogen (secondary N) is 1. The summed E-state index contributed by atoms with van der Waals surface area (Å²) < 4.78 is 13.0. The quantitative estimate of drug-likeness (QED) is 0.830. The zero-order valence-corrected chi connectivity index (χ0v) is 14.3. The highest BCUT2D eigenvalue weighted by molar-refractivity contribution is 6.05. The van der Waals surface area contributed by atoms with Gasteiger partial charge in [0.2, 0.25) is 5.91 Å². The highest BCUT2D eigenvalue weighted by atomic mass is 19.1. The largest absolute Gasteiger partial charge is 0.351 e. The number of halogens is 1. The van der Waals surface area contributed by atoms with Crippen molar-refractivity contribution in [2.75, 3.05) is 14.1 Å². The van der Waals surface area contributed by atoms with Crippen molar-refractivity contribution in [3.63, 3.8) is 0 Å². The van der Waals surface area contributed by atoms with Gasteiger partial charge >= 0.3 is 6.03 Å². The van der Waals surface area contributed by atoms with Gasteiger partial charge < -0.3 is 10.2 Å². The maximum atomic E-state index is 13.0. The molecular formula is C17H22FN3O3. The zero-order chi connectivity index (χ0) is 18.1. The summed E-state index contributed by atoms with van der Waals surface area (Å²) in [6, 6.07) is 4.91. The van der Waals surface area contributed by atoms with Gasteiger partial charge in [-0.25, -0.2) is 9.18 Å². The molecule has 1 atom stereocenters. The van der Waals surface area contributed by atoms with E-state index in [0.717, 1.165) is 10.5 Å². The van der Waals surface area contributed by atoms with Gasteiger partial charge in [0, 0.05) is 19.6 Å². The smallest absolute Gasteiger partial charge is 0.326 e. The minimum atomic E-state index is -0.774. The first-order chi connectivity index (χ1) is 11.1. The van der Waals surface area contributed by atoms with Gasteiger partial charge in [0.05, 0.1) is 6.42 Å². The van der Waals surface area contributed by atoms with Crippen LogP contribution in [-0.2, 0) is 16.0 Å². The van der Waals surface area contributed by atoms with Gasteiger partial charge in [-0.1, -0.05) is 12.1 Å². The van der Waals surface area contributed by atoms with Crippen LogP contribution in [0.5, 0.6) is 0 Å². The minimum absolute atomic E-state index is 0.0851. The van der Waals surface area contributed by atoms with Crippen molar-refractivity contribution in [1.82, 2.24) is 15.1 Å². The second-order valence-corrected chi connectivity index (χ2v) is 6.75. The summed E-state index contributed by atoms with van der Waals surface area (Å²) in [4.78, 5) is 38.3. The zero-order valence-electron chi connectivity index (χ0n) is 14.3. The summed E-state index contributed by atoms with van der Waals surface area (Å²) in [5, 5.41) is 2.88. The van der Waals surface area contributed by atoms with E-state index >= 15 is 0 Å². The van der Waals surface area contributed by atoms with Crippen molar-refractivity contribution in [3.05, 3.63) is 35.6 Å². The minimum Gasteiger partial charge on any atom is -0.351 e. The molecule has 1 fully saturated rings. The van der Waals surface area contributed by atoms with E-state index in [4.69, 9.17) is 0 Å². The van der Waals surface area contributed by atoms with Gasteiger partial charge in [-0.2, -0.15) is 0 Å². The Morgan fingerprint density at radius 3 is 2.29 bits per heavy atom. The average Bonchev–Trinajstić information content (AvgIpc) is 2.67. The van der Waals surface area contributed by atoms with E-state index < -0.39 is 17.6 Å². The molecule has 6 nitrogen and oxygen atoms in total. The van der Waals surface area contributed by atoms with Crippen LogP contribution in [0.15, 0.2) is 24.3 Å². The van der Waals surface area contributed by atoms with Crippen LogP contribution in [0.4, 0.5) is 9.18 Å². The van der Waals surface area contributed by atoms with Crippen molar-refractivity contribution in [3.8, 4) is 0 Å². The van der Waals surface area contributed by atoms with E-state index in [9.17, 15) is 18.8 Å². The third-order valence-electron chi connectivity index (χ3n) is 4.09. The number of carbonyl (C=O) groups is 3. The number of likely N-dealkylation sites (N-methyl/N-ethyl adjacent to an activating group) is 2. The second kappa shape index (κ2) is 6.59. The topological polar surface area (TPSA) is 69.7 Å². The molecule has 1 unspecified atom stereocenters. The Balaban J connectivity index is 1.97. The Hall–Kier alpha value is -2.44. The molecule has 2 rings (SSSR count). The van der Waals surface area contributed by atoms with Crippen LogP contribution in [-0.4, -0.2) is 53.3 Å². The Bertz CT molecular complexity index is 658. The SMILES string of the molecule is CN1C(=O)C(CC(=O)NC(C)(C)Cc2ccc(F)cc2)N(C)C1=O. The Morgan fingerprint density at radius 1 is 1.21 bits per heavy atom. The lowest BCUT2D eigenvalue weighted by molar-refractivity contribution is -0.131. The molecule has 1 aliphatic rings. The third kappa shape index (κ3) is 3.90. The first-order valence-corrected chi connectivity index (χ1v) is 7.70. The molecule has 1 saturated heterocycles. The van der Waals surface area contributed by atoms with Gasteiger partial charge in [-0.05, 0) is 38.0 Å². The van der Waals surface area contributed by atoms with Gasteiger partial charge in [-0.3, -0.25) is 14.5 Å². The van der Waals surface area contributed by atoms with Crippen molar-refractivity contribution >= 4 is 17.8 Å². The van der Waals surface area contributed by atoms with E-state index in [1.165, 1.54) is 31.1 Å². The monoisotopic (exact) mass is 335 g/mol. The van der Waals surface area contributed by atoms with E-state index in [0.29, 0.717) is 6.42 Å². The molecule has 0 aliphatic carbocycles. The van der Waals surface area contributed by atoms with Crippen molar-refractivity contribution < 1.29 is 18.8 Å². The van der Waals surface area contributed by atoms with Gasteiger partial charge in [-0.15, -0.1) is 0 Å². The Morgan fingerprint density at radius 2 is 1.79 bits per heavy atom. The highest BCUT2D eigenvalue weighted by Gasteiger charge is 2.42.